The van der Waals surface area contributed by atoms with Gasteiger partial charge in [0, 0.05) is 17.5 Å². The van der Waals surface area contributed by atoms with Gasteiger partial charge in [-0.25, -0.2) is 4.79 Å². The largest absolute Gasteiger partial charge is 0.398 e. The Balaban J connectivity index is 1.97. The standard InChI is InChI=1S/C20H24N4O/c1-2-3-7-15-10-12-17(13-11-15)23-20(25)24-19(22)14-18(21)16-8-5-4-6-9-16/h4-6,8-14H,2-3,7,21H2,1H3,(H3,22,23,24,25)/b18-14-. The number of amides is 2. The van der Waals surface area contributed by atoms with Crippen molar-refractivity contribution in [1.82, 2.24) is 0 Å². The molecule has 0 aliphatic rings. The molecule has 0 heterocycles. The maximum Gasteiger partial charge on any atom is 0.347 e. The quantitative estimate of drug-likeness (QED) is 0.551. The molecule has 0 saturated heterocycles. The Hall–Kier alpha value is -3.08. The van der Waals surface area contributed by atoms with Crippen molar-refractivity contribution in [3.8, 4) is 0 Å². The molecule has 25 heavy (non-hydrogen) atoms. The highest BCUT2D eigenvalue weighted by molar-refractivity contribution is 6.06. The number of amidine groups is 1. The molecule has 130 valence electrons. The van der Waals surface area contributed by atoms with Crippen molar-refractivity contribution in [1.29, 1.82) is 0 Å². The monoisotopic (exact) mass is 336 g/mol. The van der Waals surface area contributed by atoms with Crippen molar-refractivity contribution in [2.45, 2.75) is 26.2 Å². The molecule has 0 aromatic heterocycles. The molecule has 0 bridgehead atoms. The third-order valence-corrected chi connectivity index (χ3v) is 3.67. The molecule has 0 unspecified atom stereocenters. The molecule has 2 aromatic rings. The van der Waals surface area contributed by atoms with Crippen molar-refractivity contribution in [3.05, 3.63) is 71.8 Å². The van der Waals surface area contributed by atoms with Crippen LogP contribution in [0.3, 0.4) is 0 Å². The Morgan fingerprint density at radius 3 is 2.40 bits per heavy atom. The number of hydrogen-bond acceptors (Lipinski definition) is 2. The lowest BCUT2D eigenvalue weighted by Crippen LogP contribution is -2.16. The van der Waals surface area contributed by atoms with Gasteiger partial charge in [0.2, 0.25) is 0 Å². The number of unbranched alkanes of at least 4 members (excludes halogenated alkanes) is 1. The average molecular weight is 336 g/mol. The number of hydrogen-bond donors (Lipinski definition) is 3. The second kappa shape index (κ2) is 9.27. The Kier molecular flexibility index (Phi) is 6.77. The van der Waals surface area contributed by atoms with Crippen molar-refractivity contribution < 1.29 is 4.79 Å². The summed E-state index contributed by atoms with van der Waals surface area (Å²) in [6.07, 6.45) is 4.83. The lowest BCUT2D eigenvalue weighted by atomic mass is 10.1. The molecule has 2 rings (SSSR count). The summed E-state index contributed by atoms with van der Waals surface area (Å²) in [5.41, 5.74) is 14.9. The van der Waals surface area contributed by atoms with E-state index in [2.05, 4.69) is 17.2 Å². The summed E-state index contributed by atoms with van der Waals surface area (Å²) in [6, 6.07) is 16.6. The molecule has 0 aliphatic heterocycles. The van der Waals surface area contributed by atoms with Gasteiger partial charge in [0.15, 0.2) is 0 Å². The van der Waals surface area contributed by atoms with E-state index in [9.17, 15) is 4.79 Å². The van der Waals surface area contributed by atoms with Crippen LogP contribution in [0.5, 0.6) is 0 Å². The number of anilines is 1. The SMILES string of the molecule is CCCCc1ccc(NC(=O)/N=C(N)/C=C(\N)c2ccccc2)cc1. The summed E-state index contributed by atoms with van der Waals surface area (Å²) in [4.78, 5) is 15.7. The zero-order chi connectivity index (χ0) is 18.1. The molecule has 5 N–H and O–H groups in total. The third kappa shape index (κ3) is 6.14. The van der Waals surface area contributed by atoms with Crippen LogP contribution in [0.25, 0.3) is 5.70 Å². The highest BCUT2D eigenvalue weighted by atomic mass is 16.2. The molecule has 2 amide bonds. The summed E-state index contributed by atoms with van der Waals surface area (Å²) >= 11 is 0. The number of nitrogens with one attached hydrogen (secondary N) is 1. The van der Waals surface area contributed by atoms with Gasteiger partial charge in [0.05, 0.1) is 0 Å². The fraction of sp³-hybridized carbons (Fsp3) is 0.200. The molecule has 5 heteroatoms. The lowest BCUT2D eigenvalue weighted by molar-refractivity contribution is 0.259. The lowest BCUT2D eigenvalue weighted by Gasteiger charge is -2.05. The first-order valence-corrected chi connectivity index (χ1v) is 8.35. The van der Waals surface area contributed by atoms with Gasteiger partial charge >= 0.3 is 6.03 Å². The van der Waals surface area contributed by atoms with E-state index in [1.165, 1.54) is 11.6 Å². The van der Waals surface area contributed by atoms with Crippen molar-refractivity contribution in [2.24, 2.45) is 16.5 Å². The summed E-state index contributed by atoms with van der Waals surface area (Å²) in [6.45, 7) is 2.16. The number of carbonyl (C=O) groups excluding carboxylic acids is 1. The maximum atomic E-state index is 11.9. The fourth-order valence-electron chi connectivity index (χ4n) is 2.31. The first kappa shape index (κ1) is 18.3. The molecule has 0 atom stereocenters. The van der Waals surface area contributed by atoms with Crippen LogP contribution in [0.1, 0.15) is 30.9 Å². The molecule has 0 aliphatic carbocycles. The predicted octanol–water partition coefficient (Wildman–Crippen LogP) is 3.92. The molecule has 5 nitrogen and oxygen atoms in total. The minimum Gasteiger partial charge on any atom is -0.398 e. The van der Waals surface area contributed by atoms with E-state index in [4.69, 9.17) is 11.5 Å². The van der Waals surface area contributed by atoms with E-state index < -0.39 is 6.03 Å². The summed E-state index contributed by atoms with van der Waals surface area (Å²) in [5, 5.41) is 2.69. The molecule has 0 spiro atoms. The predicted molar refractivity (Wildman–Crippen MR) is 104 cm³/mol. The Bertz CT molecular complexity index is 749. The first-order chi connectivity index (χ1) is 12.1. The zero-order valence-electron chi connectivity index (χ0n) is 14.4. The van der Waals surface area contributed by atoms with Crippen molar-refractivity contribution in [2.75, 3.05) is 5.32 Å². The number of carbonyl (C=O) groups is 1. The third-order valence-electron chi connectivity index (χ3n) is 3.67. The minimum atomic E-state index is -0.532. The van der Waals surface area contributed by atoms with E-state index in [0.29, 0.717) is 11.4 Å². The first-order valence-electron chi connectivity index (χ1n) is 8.35. The fourth-order valence-corrected chi connectivity index (χ4v) is 2.31. The maximum absolute atomic E-state index is 11.9. The molecule has 0 saturated carbocycles. The Morgan fingerprint density at radius 2 is 1.76 bits per heavy atom. The Labute approximate surface area is 148 Å². The summed E-state index contributed by atoms with van der Waals surface area (Å²) < 4.78 is 0. The number of benzene rings is 2. The molecular weight excluding hydrogens is 312 g/mol. The number of aryl methyl sites for hydroxylation is 1. The molecule has 0 radical (unpaired) electrons. The van der Waals surface area contributed by atoms with Gasteiger partial charge in [0.1, 0.15) is 5.84 Å². The Morgan fingerprint density at radius 1 is 1.08 bits per heavy atom. The topological polar surface area (TPSA) is 93.5 Å². The molecule has 0 fully saturated rings. The molecule has 2 aromatic carbocycles. The van der Waals surface area contributed by atoms with Gasteiger partial charge in [-0.1, -0.05) is 55.8 Å². The van der Waals surface area contributed by atoms with E-state index in [1.807, 2.05) is 54.6 Å². The van der Waals surface area contributed by atoms with Crippen LogP contribution in [0, 0.1) is 0 Å². The van der Waals surface area contributed by atoms with Crippen LogP contribution >= 0.6 is 0 Å². The van der Waals surface area contributed by atoms with Crippen LogP contribution in [0.15, 0.2) is 65.7 Å². The second-order valence-corrected chi connectivity index (χ2v) is 5.73. The van der Waals surface area contributed by atoms with Crippen LogP contribution in [-0.4, -0.2) is 11.9 Å². The number of urea groups is 1. The van der Waals surface area contributed by atoms with Gasteiger partial charge in [-0.15, -0.1) is 0 Å². The van der Waals surface area contributed by atoms with E-state index in [0.717, 1.165) is 24.8 Å². The van der Waals surface area contributed by atoms with Gasteiger partial charge in [-0.2, -0.15) is 4.99 Å². The number of nitrogens with two attached hydrogens (primary N) is 2. The van der Waals surface area contributed by atoms with E-state index >= 15 is 0 Å². The second-order valence-electron chi connectivity index (χ2n) is 5.73. The van der Waals surface area contributed by atoms with Crippen LogP contribution in [0.2, 0.25) is 0 Å². The molecular formula is C20H24N4O. The summed E-state index contributed by atoms with van der Waals surface area (Å²) in [5.74, 6) is 0.0541. The number of rotatable bonds is 6. The van der Waals surface area contributed by atoms with Crippen molar-refractivity contribution >= 4 is 23.3 Å². The van der Waals surface area contributed by atoms with Crippen LogP contribution < -0.4 is 16.8 Å². The van der Waals surface area contributed by atoms with Crippen molar-refractivity contribution in [3.63, 3.8) is 0 Å². The highest BCUT2D eigenvalue weighted by Gasteiger charge is 2.02. The van der Waals surface area contributed by atoms with E-state index in [1.54, 1.807) is 0 Å². The van der Waals surface area contributed by atoms with Crippen LogP contribution in [-0.2, 0) is 6.42 Å². The van der Waals surface area contributed by atoms with Crippen LogP contribution in [0.4, 0.5) is 10.5 Å². The van der Waals surface area contributed by atoms with E-state index in [-0.39, 0.29) is 5.84 Å². The normalized spacial score (nSPS) is 12.0. The number of nitrogens with zero attached hydrogens (tertiary/aromatic N) is 1. The number of aliphatic imine (C=N–C) groups is 1. The van der Waals surface area contributed by atoms with Gasteiger partial charge in [-0.05, 0) is 36.1 Å². The highest BCUT2D eigenvalue weighted by Crippen LogP contribution is 2.12. The smallest absolute Gasteiger partial charge is 0.347 e. The van der Waals surface area contributed by atoms with Gasteiger partial charge < -0.3 is 16.8 Å². The van der Waals surface area contributed by atoms with Gasteiger partial charge in [0.25, 0.3) is 0 Å². The minimum absolute atomic E-state index is 0.0541. The summed E-state index contributed by atoms with van der Waals surface area (Å²) in [7, 11) is 0. The zero-order valence-corrected chi connectivity index (χ0v) is 14.4. The average Bonchev–Trinajstić information content (AvgIpc) is 2.61. The van der Waals surface area contributed by atoms with Gasteiger partial charge in [-0.3, -0.25) is 0 Å².